The van der Waals surface area contributed by atoms with Crippen molar-refractivity contribution >= 4 is 23.6 Å². The fourth-order valence-corrected chi connectivity index (χ4v) is 4.17. The SMILES string of the molecule is O=C(NC1=CCC([C@H]2CC[C@H](C(=O)O)CC2)C=C1F)c1nnc(Nc2ccc(F)c(F)c2)o1. The Morgan fingerprint density at radius 3 is 2.48 bits per heavy atom. The topological polar surface area (TPSA) is 117 Å². The number of hydrogen-bond donors (Lipinski definition) is 3. The molecule has 0 spiro atoms. The fourth-order valence-electron chi connectivity index (χ4n) is 4.17. The first-order valence-corrected chi connectivity index (χ1v) is 10.5. The molecule has 1 amide bonds. The van der Waals surface area contributed by atoms with Crippen LogP contribution in [0.2, 0.25) is 0 Å². The van der Waals surface area contributed by atoms with Gasteiger partial charge in [0.1, 0.15) is 5.83 Å². The van der Waals surface area contributed by atoms with E-state index in [9.17, 15) is 22.8 Å². The number of aromatic nitrogens is 2. The van der Waals surface area contributed by atoms with Crippen molar-refractivity contribution in [3.63, 3.8) is 0 Å². The maximum absolute atomic E-state index is 14.6. The highest BCUT2D eigenvalue weighted by molar-refractivity contribution is 5.91. The summed E-state index contributed by atoms with van der Waals surface area (Å²) in [5, 5.41) is 21.2. The lowest BCUT2D eigenvalue weighted by Crippen LogP contribution is -2.28. The molecular weight excluding hydrogens is 441 g/mol. The molecular formula is C22H21F3N4O4. The molecule has 4 rings (SSSR count). The third-order valence-corrected chi connectivity index (χ3v) is 5.98. The number of carbonyl (C=O) groups is 2. The van der Waals surface area contributed by atoms with Crippen molar-refractivity contribution in [2.75, 3.05) is 5.32 Å². The molecule has 174 valence electrons. The fraction of sp³-hybridized carbons (Fsp3) is 0.364. The zero-order valence-electron chi connectivity index (χ0n) is 17.4. The molecule has 1 fully saturated rings. The number of carbonyl (C=O) groups excluding carboxylic acids is 1. The zero-order valence-corrected chi connectivity index (χ0v) is 17.4. The van der Waals surface area contributed by atoms with Gasteiger partial charge in [0.05, 0.1) is 11.6 Å². The second-order valence-corrected chi connectivity index (χ2v) is 8.10. The van der Waals surface area contributed by atoms with Gasteiger partial charge >= 0.3 is 23.8 Å². The zero-order chi connectivity index (χ0) is 23.5. The van der Waals surface area contributed by atoms with Crippen LogP contribution in [0.5, 0.6) is 0 Å². The van der Waals surface area contributed by atoms with Crippen molar-refractivity contribution in [1.82, 2.24) is 15.5 Å². The number of halogens is 3. The minimum Gasteiger partial charge on any atom is -0.481 e. The Hall–Kier alpha value is -3.63. The Morgan fingerprint density at radius 1 is 1.06 bits per heavy atom. The summed E-state index contributed by atoms with van der Waals surface area (Å²) < 4.78 is 46.1. The van der Waals surface area contributed by atoms with Crippen molar-refractivity contribution in [3.05, 3.63) is 59.4 Å². The molecule has 2 aliphatic carbocycles. The van der Waals surface area contributed by atoms with E-state index in [1.807, 2.05) is 0 Å². The van der Waals surface area contributed by atoms with Crippen molar-refractivity contribution in [3.8, 4) is 0 Å². The van der Waals surface area contributed by atoms with Crippen LogP contribution in [0, 0.1) is 29.4 Å². The number of allylic oxidation sites excluding steroid dienone is 3. The molecule has 1 aromatic heterocycles. The van der Waals surface area contributed by atoms with E-state index in [1.54, 1.807) is 6.08 Å². The normalized spacial score (nSPS) is 22.8. The molecule has 2 aromatic rings. The van der Waals surface area contributed by atoms with Gasteiger partial charge in [-0.05, 0) is 62.1 Å². The molecule has 1 aromatic carbocycles. The van der Waals surface area contributed by atoms with E-state index in [0.29, 0.717) is 19.3 Å². The molecule has 8 nitrogen and oxygen atoms in total. The first-order valence-electron chi connectivity index (χ1n) is 10.5. The molecule has 1 saturated carbocycles. The largest absolute Gasteiger partial charge is 0.481 e. The molecule has 0 saturated heterocycles. The van der Waals surface area contributed by atoms with Gasteiger partial charge in [-0.15, -0.1) is 5.10 Å². The first kappa shape index (κ1) is 22.6. The van der Waals surface area contributed by atoms with Crippen molar-refractivity contribution < 1.29 is 32.3 Å². The molecule has 0 aliphatic heterocycles. The molecule has 11 heteroatoms. The van der Waals surface area contributed by atoms with Gasteiger partial charge < -0.3 is 20.2 Å². The summed E-state index contributed by atoms with van der Waals surface area (Å²) in [6, 6.07) is 2.82. The van der Waals surface area contributed by atoms with Gasteiger partial charge in [-0.2, -0.15) is 0 Å². The van der Waals surface area contributed by atoms with Gasteiger partial charge in [0.2, 0.25) is 0 Å². The Bertz CT molecular complexity index is 1120. The van der Waals surface area contributed by atoms with Gasteiger partial charge in [0, 0.05) is 11.8 Å². The average Bonchev–Trinajstić information content (AvgIpc) is 3.26. The number of carboxylic acid groups (broad SMARTS) is 1. The molecule has 1 unspecified atom stereocenters. The molecule has 1 heterocycles. The Balaban J connectivity index is 1.33. The van der Waals surface area contributed by atoms with Gasteiger partial charge in [-0.3, -0.25) is 9.59 Å². The number of rotatable bonds is 6. The number of hydrogen-bond acceptors (Lipinski definition) is 6. The maximum atomic E-state index is 14.6. The number of amides is 1. The van der Waals surface area contributed by atoms with Crippen LogP contribution in [0.25, 0.3) is 0 Å². The third-order valence-electron chi connectivity index (χ3n) is 5.98. The average molecular weight is 462 g/mol. The van der Waals surface area contributed by atoms with Crippen LogP contribution in [-0.2, 0) is 4.79 Å². The summed E-state index contributed by atoms with van der Waals surface area (Å²) in [7, 11) is 0. The smallest absolute Gasteiger partial charge is 0.320 e. The number of benzene rings is 1. The van der Waals surface area contributed by atoms with E-state index in [4.69, 9.17) is 9.52 Å². The van der Waals surface area contributed by atoms with Gasteiger partial charge in [0.25, 0.3) is 0 Å². The van der Waals surface area contributed by atoms with Crippen LogP contribution in [0.15, 0.2) is 46.3 Å². The van der Waals surface area contributed by atoms with Gasteiger partial charge in [-0.25, -0.2) is 13.2 Å². The van der Waals surface area contributed by atoms with Crippen LogP contribution in [0.1, 0.15) is 42.8 Å². The Morgan fingerprint density at radius 2 is 1.82 bits per heavy atom. The summed E-state index contributed by atoms with van der Waals surface area (Å²) in [5.41, 5.74) is 0.126. The lowest BCUT2D eigenvalue weighted by atomic mass is 9.73. The summed E-state index contributed by atoms with van der Waals surface area (Å²) in [6.45, 7) is 0. The highest BCUT2D eigenvalue weighted by atomic mass is 19.2. The number of anilines is 2. The number of aliphatic carboxylic acids is 1. The van der Waals surface area contributed by atoms with Crippen LogP contribution in [0.3, 0.4) is 0 Å². The molecule has 33 heavy (non-hydrogen) atoms. The summed E-state index contributed by atoms with van der Waals surface area (Å²) in [6.07, 6.45) is 6.16. The van der Waals surface area contributed by atoms with E-state index in [-0.39, 0.29) is 35.2 Å². The predicted molar refractivity (Wildman–Crippen MR) is 110 cm³/mol. The van der Waals surface area contributed by atoms with E-state index < -0.39 is 35.2 Å². The van der Waals surface area contributed by atoms with Crippen LogP contribution in [0.4, 0.5) is 24.9 Å². The Labute approximate surface area is 186 Å². The molecule has 2 aliphatic rings. The quantitative estimate of drug-likeness (QED) is 0.580. The minimum atomic E-state index is -1.07. The maximum Gasteiger partial charge on any atom is 0.320 e. The van der Waals surface area contributed by atoms with E-state index in [1.165, 1.54) is 12.1 Å². The molecule has 0 bridgehead atoms. The standard InChI is InChI=1S/C22H21F3N4O4/c23-15-7-6-14(10-16(15)24)26-22-29-28-20(33-22)19(30)27-18-8-5-13(9-17(18)25)11-1-3-12(4-2-11)21(31)32/h6-13H,1-5H2,(H,26,29)(H,27,30)(H,31,32)/t11-,12-,13?. The lowest BCUT2D eigenvalue weighted by Gasteiger charge is -2.32. The summed E-state index contributed by atoms with van der Waals surface area (Å²) in [5.74, 6) is -4.92. The highest BCUT2D eigenvalue weighted by Crippen LogP contribution is 2.38. The van der Waals surface area contributed by atoms with Crippen LogP contribution >= 0.6 is 0 Å². The van der Waals surface area contributed by atoms with E-state index in [0.717, 1.165) is 25.0 Å². The number of nitrogens with one attached hydrogen (secondary N) is 2. The van der Waals surface area contributed by atoms with Gasteiger partial charge in [-0.1, -0.05) is 11.2 Å². The Kier molecular flexibility index (Phi) is 6.47. The predicted octanol–water partition coefficient (Wildman–Crippen LogP) is 4.47. The summed E-state index contributed by atoms with van der Waals surface area (Å²) in [4.78, 5) is 23.5. The van der Waals surface area contributed by atoms with E-state index in [2.05, 4.69) is 20.8 Å². The number of nitrogens with zero attached hydrogens (tertiary/aromatic N) is 2. The van der Waals surface area contributed by atoms with Crippen molar-refractivity contribution in [1.29, 1.82) is 0 Å². The molecule has 0 radical (unpaired) electrons. The van der Waals surface area contributed by atoms with Crippen LogP contribution < -0.4 is 10.6 Å². The summed E-state index contributed by atoms with van der Waals surface area (Å²) >= 11 is 0. The second-order valence-electron chi connectivity index (χ2n) is 8.10. The van der Waals surface area contributed by atoms with Crippen molar-refractivity contribution in [2.45, 2.75) is 32.1 Å². The number of carboxylic acids is 1. The molecule has 1 atom stereocenters. The second kappa shape index (κ2) is 9.47. The van der Waals surface area contributed by atoms with Gasteiger partial charge in [0.15, 0.2) is 11.6 Å². The first-order chi connectivity index (χ1) is 15.8. The van der Waals surface area contributed by atoms with Crippen molar-refractivity contribution in [2.24, 2.45) is 17.8 Å². The highest BCUT2D eigenvalue weighted by Gasteiger charge is 2.31. The van der Waals surface area contributed by atoms with E-state index >= 15 is 0 Å². The van der Waals surface area contributed by atoms with Crippen LogP contribution in [-0.4, -0.2) is 27.2 Å². The third kappa shape index (κ3) is 5.24. The minimum absolute atomic E-state index is 0.0104. The molecule has 3 N–H and O–H groups in total. The monoisotopic (exact) mass is 462 g/mol. The lowest BCUT2D eigenvalue weighted by molar-refractivity contribution is -0.143.